The maximum absolute atomic E-state index is 11.0. The Bertz CT molecular complexity index is 2530. The molecule has 0 aromatic heterocycles. The molecule has 5 aromatic carbocycles. The maximum atomic E-state index is 11.0. The van der Waals surface area contributed by atoms with Gasteiger partial charge >= 0.3 is 186 Å². The summed E-state index contributed by atoms with van der Waals surface area (Å²) in [5.41, 5.74) is 5.44. The summed E-state index contributed by atoms with van der Waals surface area (Å²) in [6.45, 7) is 15.9. The zero-order valence-electron chi connectivity index (χ0n) is 60.2. The van der Waals surface area contributed by atoms with Gasteiger partial charge in [-0.2, -0.15) is 0 Å². The van der Waals surface area contributed by atoms with Crippen LogP contribution in [0.15, 0.2) is 152 Å². The first-order valence-corrected chi connectivity index (χ1v) is 43.2. The Kier molecular flexibility index (Phi) is 34.5. The third-order valence-corrected chi connectivity index (χ3v) is 32.4. The molecule has 0 heterocycles. The van der Waals surface area contributed by atoms with Crippen LogP contribution < -0.4 is 72.4 Å². The van der Waals surface area contributed by atoms with Crippen LogP contribution in [0.5, 0.6) is 0 Å². The van der Waals surface area contributed by atoms with Crippen molar-refractivity contribution in [3.05, 3.63) is 174 Å². The fourth-order valence-electron chi connectivity index (χ4n) is 17.9. The number of unbranched alkanes of at least 4 members (excludes halogenated alkanes) is 4. The number of halogens is 1. The Labute approximate surface area is 621 Å². The van der Waals surface area contributed by atoms with E-state index in [9.17, 15) is 9.90 Å². The Morgan fingerprint density at radius 2 is 0.699 bits per heavy atom. The first kappa shape index (κ1) is 78.4. The van der Waals surface area contributed by atoms with Crippen molar-refractivity contribution >= 4 is 43.0 Å². The molecule has 0 atom stereocenters. The average molecular weight is 1370 g/mol. The molecule has 6 aliphatic rings. The summed E-state index contributed by atoms with van der Waals surface area (Å²) in [6.07, 6.45) is 54.6. The van der Waals surface area contributed by atoms with Crippen LogP contribution in [-0.4, -0.2) is 18.6 Å². The summed E-state index contributed by atoms with van der Waals surface area (Å²) in [4.78, 5) is 11.0. The molecule has 506 valence electrons. The zero-order valence-corrected chi connectivity index (χ0v) is 65.8. The summed E-state index contributed by atoms with van der Waals surface area (Å²) < 4.78 is 0. The second-order valence-corrected chi connectivity index (χ2v) is 41.5. The molecule has 11 rings (SSSR count). The van der Waals surface area contributed by atoms with E-state index in [1.807, 2.05) is 0 Å². The smallest absolute Gasteiger partial charge is 1.00 e. The van der Waals surface area contributed by atoms with Gasteiger partial charge in [0.1, 0.15) is 6.29 Å². The van der Waals surface area contributed by atoms with Gasteiger partial charge in [-0.05, 0) is 216 Å². The van der Waals surface area contributed by atoms with Crippen LogP contribution in [0, 0.1) is 59.2 Å². The van der Waals surface area contributed by atoms with Crippen molar-refractivity contribution < 1.29 is 61.3 Å². The molecule has 6 saturated carbocycles. The molecule has 93 heavy (non-hydrogen) atoms. The summed E-state index contributed by atoms with van der Waals surface area (Å²) >= 11 is 4.24. The molecule has 6 fully saturated rings. The standard InChI is InChI=1S/C33H52.C32H50O.C19H18BrP.C4H9O.K/c1-3-5-6-7-27-12-20-31(21-13-27)33-24-16-29(17-25-33)9-8-28-14-22-32(23-15-28)30-18-10-26(4-2)11-19-30;1-2-3-4-5-25-8-16-29(17-9-25)30-18-10-26(11-19-30)6-7-27-12-20-31(21-13-27)32-22-14-28(24-33)15-23-32;1-21(20,17-11-5-2-6-12-17,18-13-7-3-8-14-18)19-15-9-4-10-16-19;1-4(2,3)5;/h4,14-15,22-23,26-27,29-31,33H,2-3,5-13,16-21,24-25H2,1H3;12-13,20-21,24-26,28-30,32H,2-11,14-19,22-23H2,1H3;2-16H,1H3;1-3H3;/q;;;-1;+1. The van der Waals surface area contributed by atoms with E-state index in [1.165, 1.54) is 226 Å². The van der Waals surface area contributed by atoms with E-state index in [0.717, 1.165) is 72.0 Å². The maximum Gasteiger partial charge on any atom is 1.00 e. The van der Waals surface area contributed by atoms with Gasteiger partial charge in [0.25, 0.3) is 0 Å². The first-order chi connectivity index (χ1) is 44.6. The van der Waals surface area contributed by atoms with E-state index in [0.29, 0.717) is 11.8 Å². The topological polar surface area (TPSA) is 40.1 Å². The molecular weight excluding hydrogens is 1240 g/mol. The van der Waals surface area contributed by atoms with Crippen molar-refractivity contribution in [2.24, 2.45) is 59.2 Å². The van der Waals surface area contributed by atoms with Gasteiger partial charge in [0.05, 0.1) is 0 Å². The molecule has 0 saturated heterocycles. The Morgan fingerprint density at radius 3 is 0.968 bits per heavy atom. The number of aryl methyl sites for hydroxylation is 2. The van der Waals surface area contributed by atoms with Crippen LogP contribution in [0.25, 0.3) is 0 Å². The summed E-state index contributed by atoms with van der Waals surface area (Å²) in [6, 6.07) is 51.6. The van der Waals surface area contributed by atoms with Crippen molar-refractivity contribution in [1.82, 2.24) is 0 Å². The van der Waals surface area contributed by atoms with Crippen LogP contribution in [0.4, 0.5) is 0 Å². The van der Waals surface area contributed by atoms with Gasteiger partial charge in [0, 0.05) is 5.92 Å². The van der Waals surface area contributed by atoms with Crippen LogP contribution in [0.3, 0.4) is 0 Å². The minimum Gasteiger partial charge on any atom is 1.00 e. The average Bonchev–Trinajstić information content (AvgIpc) is 0.731. The third-order valence-electron chi connectivity index (χ3n) is 24.1. The van der Waals surface area contributed by atoms with E-state index in [-0.39, 0.29) is 51.4 Å². The van der Waals surface area contributed by atoms with Gasteiger partial charge in [-0.25, -0.2) is 0 Å². The summed E-state index contributed by atoms with van der Waals surface area (Å²) in [5.74, 6) is 10.9. The number of aldehydes is 1. The quantitative estimate of drug-likeness (QED) is 0.0215. The number of hydrogen-bond acceptors (Lipinski definition) is 2. The summed E-state index contributed by atoms with van der Waals surface area (Å²) in [5, 5.41) is 11.6. The predicted molar refractivity (Wildman–Crippen MR) is 405 cm³/mol. The van der Waals surface area contributed by atoms with Crippen molar-refractivity contribution in [2.45, 2.75) is 283 Å². The largest absolute Gasteiger partial charge is 1.00 e. The van der Waals surface area contributed by atoms with E-state index in [2.05, 4.69) is 188 Å². The molecule has 0 amide bonds. The van der Waals surface area contributed by atoms with E-state index >= 15 is 0 Å². The Morgan fingerprint density at radius 1 is 0.419 bits per heavy atom. The van der Waals surface area contributed by atoms with Crippen LogP contribution in [0.1, 0.15) is 287 Å². The van der Waals surface area contributed by atoms with Crippen molar-refractivity contribution in [3.8, 4) is 0 Å². The first-order valence-electron chi connectivity index (χ1n) is 38.5. The number of carbonyl (C=O) groups excluding carboxylic acids is 1. The second-order valence-electron chi connectivity index (χ2n) is 31.8. The normalized spacial score (nSPS) is 27.1. The van der Waals surface area contributed by atoms with Gasteiger partial charge < -0.3 is 9.90 Å². The summed E-state index contributed by atoms with van der Waals surface area (Å²) in [7, 11) is 0. The van der Waals surface area contributed by atoms with Crippen LogP contribution in [-0.2, 0) is 17.6 Å². The van der Waals surface area contributed by atoms with Gasteiger partial charge in [0.2, 0.25) is 0 Å². The van der Waals surface area contributed by atoms with Gasteiger partial charge in [-0.3, -0.25) is 0 Å². The minimum atomic E-state index is -2.56. The van der Waals surface area contributed by atoms with Crippen molar-refractivity contribution in [3.63, 3.8) is 0 Å². The fourth-order valence-corrected chi connectivity index (χ4v) is 23.6. The molecule has 6 aliphatic carbocycles. The number of carbonyl (C=O) groups is 1. The number of rotatable bonds is 23. The van der Waals surface area contributed by atoms with Gasteiger partial charge in [-0.1, -0.05) is 192 Å². The Hall–Kier alpha value is -1.98. The number of benzene rings is 5. The van der Waals surface area contributed by atoms with Crippen LogP contribution in [0.2, 0.25) is 0 Å². The molecular formula is C88H129BrKO2P. The number of allylic oxidation sites excluding steroid dienone is 1. The molecule has 0 aliphatic heterocycles. The SMILES string of the molecule is C=CC1CCC(c2ccc(CCC3CCC(C4CCC(CCCCC)CC4)CC3)cc2)CC1.CC(C)(C)[O-].CCCCCC1CCC(C2CCC(CCc3ccc(C4CCC(C=O)CC4)cc3)CC2)CC1.CP(Br)(c1ccccc1)(c1ccccc1)c1ccccc1.[K+]. The van der Waals surface area contributed by atoms with Gasteiger partial charge in [-0.15, -0.1) is 12.2 Å². The van der Waals surface area contributed by atoms with E-state index in [4.69, 9.17) is 0 Å². The van der Waals surface area contributed by atoms with Gasteiger partial charge in [0.15, 0.2) is 0 Å². The predicted octanol–water partition coefficient (Wildman–Crippen LogP) is 21.2. The second kappa shape index (κ2) is 40.9. The Balaban J connectivity index is 0.000000194. The molecule has 5 aromatic rings. The molecule has 5 heteroatoms. The zero-order chi connectivity index (χ0) is 65.1. The molecule has 0 spiro atoms. The fraction of sp³-hybridized carbons (Fsp3) is 0.625. The van der Waals surface area contributed by atoms with Crippen molar-refractivity contribution in [1.29, 1.82) is 0 Å². The number of hydrogen-bond donors (Lipinski definition) is 0. The molecule has 0 radical (unpaired) electrons. The van der Waals surface area contributed by atoms with E-state index < -0.39 is 10.9 Å². The van der Waals surface area contributed by atoms with Crippen LogP contribution >= 0.6 is 20.8 Å². The molecule has 0 unspecified atom stereocenters. The molecule has 0 bridgehead atoms. The third kappa shape index (κ3) is 25.3. The molecule has 2 nitrogen and oxygen atoms in total. The van der Waals surface area contributed by atoms with Crippen molar-refractivity contribution in [2.75, 3.05) is 6.66 Å². The minimum absolute atomic E-state index is 0. The van der Waals surface area contributed by atoms with E-state index in [1.54, 1.807) is 57.6 Å². The molecule has 0 N–H and O–H groups in total. The monoisotopic (exact) mass is 1370 g/mol.